The molecular weight excluding hydrogens is 334 g/mol. The number of nitro benzene ring substituents is 1. The molecular formula is C12H8BrNO6. The smallest absolute Gasteiger partial charge is 0.371 e. The number of halogens is 1. The monoisotopic (exact) mass is 341 g/mol. The van der Waals surface area contributed by atoms with Crippen LogP contribution in [-0.2, 0) is 6.61 Å². The maximum absolute atomic E-state index is 10.7. The van der Waals surface area contributed by atoms with Crippen LogP contribution < -0.4 is 4.74 Å². The van der Waals surface area contributed by atoms with Crippen LogP contribution >= 0.6 is 15.9 Å². The first-order valence-electron chi connectivity index (χ1n) is 5.36. The van der Waals surface area contributed by atoms with Gasteiger partial charge in [-0.15, -0.1) is 0 Å². The van der Waals surface area contributed by atoms with E-state index in [1.165, 1.54) is 30.3 Å². The number of non-ortho nitro benzene ring substituents is 1. The third-order valence-electron chi connectivity index (χ3n) is 2.37. The van der Waals surface area contributed by atoms with Crippen LogP contribution in [0, 0.1) is 10.1 Å². The van der Waals surface area contributed by atoms with E-state index in [4.69, 9.17) is 14.3 Å². The molecule has 1 N–H and O–H groups in total. The van der Waals surface area contributed by atoms with E-state index in [1.54, 1.807) is 0 Å². The Morgan fingerprint density at radius 1 is 1.40 bits per heavy atom. The van der Waals surface area contributed by atoms with Gasteiger partial charge in [-0.3, -0.25) is 10.1 Å². The van der Waals surface area contributed by atoms with E-state index in [2.05, 4.69) is 15.9 Å². The van der Waals surface area contributed by atoms with Gasteiger partial charge < -0.3 is 14.3 Å². The van der Waals surface area contributed by atoms with Crippen molar-refractivity contribution in [3.05, 3.63) is 56.4 Å². The summed E-state index contributed by atoms with van der Waals surface area (Å²) in [5.74, 6) is -0.789. The normalized spacial score (nSPS) is 10.2. The van der Waals surface area contributed by atoms with E-state index in [9.17, 15) is 14.9 Å². The van der Waals surface area contributed by atoms with Gasteiger partial charge in [-0.1, -0.05) is 0 Å². The van der Waals surface area contributed by atoms with Crippen LogP contribution in [0.4, 0.5) is 5.69 Å². The standard InChI is InChI=1S/C12H8BrNO6/c13-9-3-1-7(14(17)18)5-11(9)19-6-8-2-4-10(20-8)12(15)16/h1-5H,6H2,(H,15,16). The molecule has 0 fully saturated rings. The van der Waals surface area contributed by atoms with E-state index in [-0.39, 0.29) is 23.8 Å². The number of hydrogen-bond donors (Lipinski definition) is 1. The highest BCUT2D eigenvalue weighted by Crippen LogP contribution is 2.30. The third kappa shape index (κ3) is 3.15. The predicted octanol–water partition coefficient (Wildman–Crippen LogP) is 3.23. The minimum Gasteiger partial charge on any atom is -0.484 e. The molecule has 0 aliphatic rings. The van der Waals surface area contributed by atoms with Crippen LogP contribution in [0.25, 0.3) is 0 Å². The molecule has 1 aromatic carbocycles. The third-order valence-corrected chi connectivity index (χ3v) is 3.02. The number of nitro groups is 1. The van der Waals surface area contributed by atoms with Gasteiger partial charge in [0.25, 0.3) is 5.69 Å². The SMILES string of the molecule is O=C(O)c1ccc(COc2cc([N+](=O)[O-])ccc2Br)o1. The first-order valence-corrected chi connectivity index (χ1v) is 6.15. The van der Waals surface area contributed by atoms with E-state index in [1.807, 2.05) is 0 Å². The summed E-state index contributed by atoms with van der Waals surface area (Å²) in [6, 6.07) is 6.88. The second kappa shape index (κ2) is 5.74. The Labute approximate surface area is 121 Å². The molecule has 0 aliphatic carbocycles. The fourth-order valence-corrected chi connectivity index (χ4v) is 1.80. The molecule has 0 atom stereocenters. The number of carboxylic acid groups (broad SMARTS) is 1. The summed E-state index contributed by atoms with van der Waals surface area (Å²) in [5.41, 5.74) is -0.103. The maximum Gasteiger partial charge on any atom is 0.371 e. The quantitative estimate of drug-likeness (QED) is 0.661. The molecule has 8 heteroatoms. The minimum atomic E-state index is -1.17. The van der Waals surface area contributed by atoms with E-state index in [0.717, 1.165) is 0 Å². The number of aromatic carboxylic acids is 1. The molecule has 7 nitrogen and oxygen atoms in total. The van der Waals surface area contributed by atoms with Crippen LogP contribution in [0.15, 0.2) is 39.2 Å². The number of rotatable bonds is 5. The highest BCUT2D eigenvalue weighted by Gasteiger charge is 2.13. The number of carboxylic acids is 1. The van der Waals surface area contributed by atoms with Gasteiger partial charge in [0, 0.05) is 6.07 Å². The molecule has 104 valence electrons. The van der Waals surface area contributed by atoms with Gasteiger partial charge in [-0.25, -0.2) is 4.79 Å². The Balaban J connectivity index is 2.11. The zero-order chi connectivity index (χ0) is 14.7. The van der Waals surface area contributed by atoms with Crippen LogP contribution in [0.5, 0.6) is 5.75 Å². The second-order valence-electron chi connectivity index (χ2n) is 3.73. The number of furan rings is 1. The lowest BCUT2D eigenvalue weighted by Gasteiger charge is -2.06. The highest BCUT2D eigenvalue weighted by molar-refractivity contribution is 9.10. The first kappa shape index (κ1) is 14.1. The Hall–Kier alpha value is -2.35. The molecule has 0 saturated heterocycles. The number of nitrogens with zero attached hydrogens (tertiary/aromatic N) is 1. The number of hydrogen-bond acceptors (Lipinski definition) is 5. The topological polar surface area (TPSA) is 103 Å². The summed E-state index contributed by atoms with van der Waals surface area (Å²) in [7, 11) is 0. The minimum absolute atomic E-state index is 0.0347. The molecule has 0 aliphatic heterocycles. The van der Waals surface area contributed by atoms with Crippen LogP contribution in [-0.4, -0.2) is 16.0 Å². The van der Waals surface area contributed by atoms with Crippen molar-refractivity contribution in [1.82, 2.24) is 0 Å². The second-order valence-corrected chi connectivity index (χ2v) is 4.59. The highest BCUT2D eigenvalue weighted by atomic mass is 79.9. The fraction of sp³-hybridized carbons (Fsp3) is 0.0833. The van der Waals surface area contributed by atoms with Crippen molar-refractivity contribution in [2.45, 2.75) is 6.61 Å². The van der Waals surface area contributed by atoms with Gasteiger partial charge in [-0.05, 0) is 34.1 Å². The Bertz CT molecular complexity index is 666. The van der Waals surface area contributed by atoms with Gasteiger partial charge in [0.15, 0.2) is 0 Å². The predicted molar refractivity (Wildman–Crippen MR) is 70.8 cm³/mol. The average Bonchev–Trinajstić information content (AvgIpc) is 2.86. The molecule has 0 bridgehead atoms. The summed E-state index contributed by atoms with van der Waals surface area (Å²) in [6.07, 6.45) is 0. The molecule has 2 rings (SSSR count). The van der Waals surface area contributed by atoms with E-state index >= 15 is 0 Å². The van der Waals surface area contributed by atoms with Crippen molar-refractivity contribution >= 4 is 27.6 Å². The number of benzene rings is 1. The van der Waals surface area contributed by atoms with Crippen molar-refractivity contribution in [2.75, 3.05) is 0 Å². The molecule has 0 unspecified atom stereocenters. The lowest BCUT2D eigenvalue weighted by molar-refractivity contribution is -0.385. The summed E-state index contributed by atoms with van der Waals surface area (Å²) >= 11 is 3.21. The van der Waals surface area contributed by atoms with Gasteiger partial charge in [0.1, 0.15) is 18.1 Å². The maximum atomic E-state index is 10.7. The zero-order valence-electron chi connectivity index (χ0n) is 9.91. The van der Waals surface area contributed by atoms with Crippen molar-refractivity contribution in [2.24, 2.45) is 0 Å². The number of ether oxygens (including phenoxy) is 1. The van der Waals surface area contributed by atoms with Crippen LogP contribution in [0.2, 0.25) is 0 Å². The van der Waals surface area contributed by atoms with Gasteiger partial charge in [0.05, 0.1) is 15.5 Å². The molecule has 0 spiro atoms. The lowest BCUT2D eigenvalue weighted by Crippen LogP contribution is -1.97. The van der Waals surface area contributed by atoms with Crippen molar-refractivity contribution < 1.29 is 24.0 Å². The number of carbonyl (C=O) groups is 1. The fourth-order valence-electron chi connectivity index (χ4n) is 1.44. The first-order chi connectivity index (χ1) is 9.47. The molecule has 1 heterocycles. The summed E-state index contributed by atoms with van der Waals surface area (Å²) in [5, 5.41) is 19.4. The Morgan fingerprint density at radius 2 is 2.15 bits per heavy atom. The Morgan fingerprint density at radius 3 is 2.75 bits per heavy atom. The molecule has 0 saturated carbocycles. The summed E-state index contributed by atoms with van der Waals surface area (Å²) < 4.78 is 10.9. The average molecular weight is 342 g/mol. The molecule has 0 radical (unpaired) electrons. The largest absolute Gasteiger partial charge is 0.484 e. The van der Waals surface area contributed by atoms with E-state index < -0.39 is 10.9 Å². The van der Waals surface area contributed by atoms with E-state index in [0.29, 0.717) is 10.2 Å². The van der Waals surface area contributed by atoms with Crippen LogP contribution in [0.3, 0.4) is 0 Å². The summed E-state index contributed by atoms with van der Waals surface area (Å²) in [6.45, 7) is -0.0347. The molecule has 20 heavy (non-hydrogen) atoms. The Kier molecular flexibility index (Phi) is 4.04. The molecule has 0 amide bonds. The van der Waals surface area contributed by atoms with Crippen LogP contribution in [0.1, 0.15) is 16.3 Å². The van der Waals surface area contributed by atoms with Crippen molar-refractivity contribution in [3.63, 3.8) is 0 Å². The van der Waals surface area contributed by atoms with Gasteiger partial charge in [0.2, 0.25) is 5.76 Å². The van der Waals surface area contributed by atoms with Crippen molar-refractivity contribution in [3.8, 4) is 5.75 Å². The zero-order valence-corrected chi connectivity index (χ0v) is 11.5. The molecule has 1 aromatic heterocycles. The van der Waals surface area contributed by atoms with Crippen molar-refractivity contribution in [1.29, 1.82) is 0 Å². The molecule has 2 aromatic rings. The van der Waals surface area contributed by atoms with Gasteiger partial charge >= 0.3 is 5.97 Å². The summed E-state index contributed by atoms with van der Waals surface area (Å²) in [4.78, 5) is 20.8. The van der Waals surface area contributed by atoms with Gasteiger partial charge in [-0.2, -0.15) is 0 Å². The lowest BCUT2D eigenvalue weighted by atomic mass is 10.3.